The van der Waals surface area contributed by atoms with Crippen LogP contribution in [-0.2, 0) is 17.8 Å². The summed E-state index contributed by atoms with van der Waals surface area (Å²) in [4.78, 5) is 11.3. The van der Waals surface area contributed by atoms with E-state index in [1.165, 1.54) is 10.9 Å². The zero-order chi connectivity index (χ0) is 13.0. The van der Waals surface area contributed by atoms with E-state index in [1.807, 2.05) is 23.7 Å². The van der Waals surface area contributed by atoms with E-state index in [0.29, 0.717) is 18.6 Å². The highest BCUT2D eigenvalue weighted by molar-refractivity contribution is 5.82. The third kappa shape index (κ3) is 2.61. The lowest BCUT2D eigenvalue weighted by Gasteiger charge is -1.97. The van der Waals surface area contributed by atoms with Gasteiger partial charge in [0.1, 0.15) is 5.78 Å². The Morgan fingerprint density at radius 3 is 2.78 bits per heavy atom. The van der Waals surface area contributed by atoms with Crippen molar-refractivity contribution in [1.82, 2.24) is 9.78 Å². The number of ketones is 1. The zero-order valence-electron chi connectivity index (χ0n) is 11.1. The molecule has 0 aliphatic carbocycles. The molecule has 2 rings (SSSR count). The zero-order valence-corrected chi connectivity index (χ0v) is 11.1. The van der Waals surface area contributed by atoms with Gasteiger partial charge in [0.05, 0.1) is 11.2 Å². The number of aromatic nitrogens is 2. The molecule has 0 unspecified atom stereocenters. The summed E-state index contributed by atoms with van der Waals surface area (Å²) in [6.07, 6.45) is 3.10. The second-order valence-corrected chi connectivity index (χ2v) is 4.53. The molecule has 1 aromatic carbocycles. The number of carbonyl (C=O) groups is 1. The minimum Gasteiger partial charge on any atom is -0.300 e. The molecule has 0 amide bonds. The van der Waals surface area contributed by atoms with Crippen molar-refractivity contribution in [2.24, 2.45) is 0 Å². The van der Waals surface area contributed by atoms with Crippen molar-refractivity contribution in [3.8, 4) is 0 Å². The highest BCUT2D eigenvalue weighted by Crippen LogP contribution is 2.20. The molecule has 0 saturated heterocycles. The number of Topliss-reactive ketones (excluding diaryl/α,β-unsaturated/α-hetero) is 1. The number of fused-ring (bicyclic) bond motifs is 1. The summed E-state index contributed by atoms with van der Waals surface area (Å²) in [7, 11) is 0. The molecular weight excluding hydrogens is 224 g/mol. The fraction of sp³-hybridized carbons (Fsp3) is 0.467. The van der Waals surface area contributed by atoms with Crippen LogP contribution < -0.4 is 0 Å². The second-order valence-electron chi connectivity index (χ2n) is 4.53. The number of hydrogen-bond acceptors (Lipinski definition) is 2. The first-order chi connectivity index (χ1) is 8.76. The van der Waals surface area contributed by atoms with Gasteiger partial charge in [0.25, 0.3) is 0 Å². The molecule has 1 heterocycles. The molecule has 2 aromatic rings. The third-order valence-electron chi connectivity index (χ3n) is 3.30. The molecule has 0 bridgehead atoms. The van der Waals surface area contributed by atoms with Crippen LogP contribution in [0.4, 0.5) is 0 Å². The summed E-state index contributed by atoms with van der Waals surface area (Å²) in [5.41, 5.74) is 2.31. The first-order valence-electron chi connectivity index (χ1n) is 6.72. The van der Waals surface area contributed by atoms with E-state index in [1.54, 1.807) is 0 Å². The number of para-hydroxylation sites is 1. The summed E-state index contributed by atoms with van der Waals surface area (Å²) >= 11 is 0. The minimum atomic E-state index is 0.342. The van der Waals surface area contributed by atoms with Crippen LogP contribution in [0.3, 0.4) is 0 Å². The van der Waals surface area contributed by atoms with Crippen LogP contribution in [0.15, 0.2) is 24.3 Å². The van der Waals surface area contributed by atoms with Crippen molar-refractivity contribution in [3.05, 3.63) is 30.0 Å². The molecule has 0 fully saturated rings. The van der Waals surface area contributed by atoms with E-state index in [-0.39, 0.29) is 0 Å². The van der Waals surface area contributed by atoms with Gasteiger partial charge in [-0.05, 0) is 25.8 Å². The number of benzene rings is 1. The van der Waals surface area contributed by atoms with Gasteiger partial charge in [0.15, 0.2) is 0 Å². The first-order valence-corrected chi connectivity index (χ1v) is 6.72. The Hall–Kier alpha value is -1.64. The molecule has 0 spiro atoms. The van der Waals surface area contributed by atoms with Crippen molar-refractivity contribution in [2.45, 2.75) is 46.1 Å². The summed E-state index contributed by atoms with van der Waals surface area (Å²) in [5, 5.41) is 5.86. The Kier molecular flexibility index (Phi) is 4.13. The van der Waals surface area contributed by atoms with Gasteiger partial charge < -0.3 is 0 Å². The van der Waals surface area contributed by atoms with Gasteiger partial charge in [-0.3, -0.25) is 9.48 Å². The van der Waals surface area contributed by atoms with Crippen LogP contribution in [0, 0.1) is 0 Å². The normalized spacial score (nSPS) is 11.0. The highest BCUT2D eigenvalue weighted by Gasteiger charge is 2.09. The van der Waals surface area contributed by atoms with E-state index in [2.05, 4.69) is 24.2 Å². The van der Waals surface area contributed by atoms with Gasteiger partial charge in [-0.1, -0.05) is 25.1 Å². The van der Waals surface area contributed by atoms with Crippen molar-refractivity contribution in [3.63, 3.8) is 0 Å². The third-order valence-corrected chi connectivity index (χ3v) is 3.30. The van der Waals surface area contributed by atoms with Crippen LogP contribution in [0.5, 0.6) is 0 Å². The lowest BCUT2D eigenvalue weighted by Crippen LogP contribution is -1.99. The lowest BCUT2D eigenvalue weighted by atomic mass is 10.1. The van der Waals surface area contributed by atoms with Crippen molar-refractivity contribution >= 4 is 16.7 Å². The Bertz CT molecular complexity index is 542. The van der Waals surface area contributed by atoms with Gasteiger partial charge in [-0.2, -0.15) is 5.10 Å². The fourth-order valence-electron chi connectivity index (χ4n) is 2.25. The van der Waals surface area contributed by atoms with Gasteiger partial charge in [-0.25, -0.2) is 0 Å². The van der Waals surface area contributed by atoms with Crippen molar-refractivity contribution < 1.29 is 4.79 Å². The number of rotatable bonds is 6. The standard InChI is InChI=1S/C15H20N2O/c1-3-12(18)8-7-10-14-13-9-5-6-11-15(13)17(4-2)16-14/h5-6,9,11H,3-4,7-8,10H2,1-2H3. The molecule has 0 aliphatic heterocycles. The minimum absolute atomic E-state index is 0.342. The van der Waals surface area contributed by atoms with Crippen molar-refractivity contribution in [1.29, 1.82) is 0 Å². The maximum atomic E-state index is 11.3. The lowest BCUT2D eigenvalue weighted by molar-refractivity contribution is -0.118. The monoisotopic (exact) mass is 244 g/mol. The van der Waals surface area contributed by atoms with Crippen LogP contribution in [-0.4, -0.2) is 15.6 Å². The Balaban J connectivity index is 2.15. The molecule has 0 radical (unpaired) electrons. The average Bonchev–Trinajstić information content (AvgIpc) is 2.77. The molecule has 0 atom stereocenters. The Labute approximate surface area is 108 Å². The summed E-state index contributed by atoms with van der Waals surface area (Å²) < 4.78 is 2.03. The second kappa shape index (κ2) is 5.80. The molecule has 0 saturated carbocycles. The number of aryl methyl sites for hydroxylation is 2. The smallest absolute Gasteiger partial charge is 0.132 e. The van der Waals surface area contributed by atoms with Gasteiger partial charge in [0.2, 0.25) is 0 Å². The fourth-order valence-corrected chi connectivity index (χ4v) is 2.25. The predicted molar refractivity (Wildman–Crippen MR) is 73.6 cm³/mol. The van der Waals surface area contributed by atoms with Crippen LogP contribution >= 0.6 is 0 Å². The number of nitrogens with zero attached hydrogens (tertiary/aromatic N) is 2. The van der Waals surface area contributed by atoms with Crippen molar-refractivity contribution in [2.75, 3.05) is 0 Å². The number of hydrogen-bond donors (Lipinski definition) is 0. The quantitative estimate of drug-likeness (QED) is 0.781. The highest BCUT2D eigenvalue weighted by atomic mass is 16.1. The summed E-state index contributed by atoms with van der Waals surface area (Å²) in [6, 6.07) is 8.31. The van der Waals surface area contributed by atoms with Gasteiger partial charge >= 0.3 is 0 Å². The summed E-state index contributed by atoms with van der Waals surface area (Å²) in [6.45, 7) is 4.90. The van der Waals surface area contributed by atoms with Gasteiger partial charge in [0, 0.05) is 24.8 Å². The van der Waals surface area contributed by atoms with E-state index in [4.69, 9.17) is 0 Å². The molecule has 3 heteroatoms. The van der Waals surface area contributed by atoms with E-state index in [9.17, 15) is 4.79 Å². The largest absolute Gasteiger partial charge is 0.300 e. The van der Waals surface area contributed by atoms with Crippen LogP contribution in [0.2, 0.25) is 0 Å². The van der Waals surface area contributed by atoms with Gasteiger partial charge in [-0.15, -0.1) is 0 Å². The topological polar surface area (TPSA) is 34.9 Å². The molecule has 96 valence electrons. The Morgan fingerprint density at radius 1 is 1.28 bits per heavy atom. The Morgan fingerprint density at radius 2 is 2.06 bits per heavy atom. The van der Waals surface area contributed by atoms with Crippen LogP contribution in [0.1, 0.15) is 38.8 Å². The molecule has 3 nitrogen and oxygen atoms in total. The SMILES string of the molecule is CCC(=O)CCCc1nn(CC)c2ccccc12. The molecule has 1 aromatic heterocycles. The van der Waals surface area contributed by atoms with Crippen LogP contribution in [0.25, 0.3) is 10.9 Å². The maximum absolute atomic E-state index is 11.3. The first kappa shape index (κ1) is 12.8. The molecule has 0 aliphatic rings. The maximum Gasteiger partial charge on any atom is 0.132 e. The summed E-state index contributed by atoms with van der Waals surface area (Å²) in [5.74, 6) is 0.342. The molecule has 18 heavy (non-hydrogen) atoms. The predicted octanol–water partition coefficient (Wildman–Crippen LogP) is 3.36. The molecule has 0 N–H and O–H groups in total. The number of carbonyl (C=O) groups excluding carboxylic acids is 1. The van der Waals surface area contributed by atoms with E-state index >= 15 is 0 Å². The average molecular weight is 244 g/mol. The molecular formula is C15H20N2O. The van der Waals surface area contributed by atoms with E-state index in [0.717, 1.165) is 25.1 Å². The van der Waals surface area contributed by atoms with E-state index < -0.39 is 0 Å².